The maximum absolute atomic E-state index is 10.6. The molecule has 0 saturated carbocycles. The largest absolute Gasteiger partial charge is 0.480 e. The van der Waals surface area contributed by atoms with Crippen LogP contribution in [0.5, 0.6) is 0 Å². The molecule has 98 valence electrons. The molecule has 1 unspecified atom stereocenters. The van der Waals surface area contributed by atoms with Crippen LogP contribution in [0.4, 0.5) is 5.69 Å². The normalized spacial score (nSPS) is 11.8. The Labute approximate surface area is 106 Å². The van der Waals surface area contributed by atoms with Crippen LogP contribution in [0.3, 0.4) is 0 Å². The zero-order valence-electron chi connectivity index (χ0n) is 10.0. The topological polar surface area (TPSA) is 116 Å². The highest BCUT2D eigenvalue weighted by Gasteiger charge is 2.13. The highest BCUT2D eigenvalue weighted by Crippen LogP contribution is 2.13. The number of carboxylic acids is 1. The molecule has 0 spiro atoms. The van der Waals surface area contributed by atoms with Crippen LogP contribution < -0.4 is 16.4 Å². The Hall–Kier alpha value is -2.08. The summed E-state index contributed by atoms with van der Waals surface area (Å²) in [4.78, 5) is 12.2. The summed E-state index contributed by atoms with van der Waals surface area (Å²) in [6, 6.07) is 8.41. The van der Waals surface area contributed by atoms with E-state index in [9.17, 15) is 4.79 Å². The Morgan fingerprint density at radius 3 is 2.50 bits per heavy atom. The first-order valence-electron chi connectivity index (χ1n) is 5.67. The molecule has 0 bridgehead atoms. The molecular formula is C12H18N4O2. The molecule has 6 heteroatoms. The van der Waals surface area contributed by atoms with E-state index >= 15 is 0 Å². The van der Waals surface area contributed by atoms with Gasteiger partial charge in [0, 0.05) is 12.2 Å². The van der Waals surface area contributed by atoms with Crippen molar-refractivity contribution in [1.82, 2.24) is 0 Å². The van der Waals surface area contributed by atoms with Gasteiger partial charge in [-0.25, -0.2) is 0 Å². The molecule has 18 heavy (non-hydrogen) atoms. The van der Waals surface area contributed by atoms with Crippen LogP contribution >= 0.6 is 0 Å². The molecular weight excluding hydrogens is 232 g/mol. The second kappa shape index (κ2) is 6.61. The number of carboxylic acid groups (broad SMARTS) is 1. The number of benzene rings is 1. The molecule has 1 aromatic carbocycles. The molecule has 0 aliphatic carbocycles. The van der Waals surface area contributed by atoms with E-state index in [-0.39, 0.29) is 5.96 Å². The number of aliphatic carboxylic acids is 1. The van der Waals surface area contributed by atoms with Crippen molar-refractivity contribution in [2.75, 3.05) is 11.4 Å². The number of anilines is 1. The Bertz CT molecular complexity index is 408. The maximum Gasteiger partial charge on any atom is 0.320 e. The smallest absolute Gasteiger partial charge is 0.320 e. The molecule has 1 atom stereocenters. The number of nitrogens with two attached hydrogens (primary N) is 2. The Balaban J connectivity index is 2.55. The van der Waals surface area contributed by atoms with Crippen LogP contribution in [0.25, 0.3) is 0 Å². The number of nitrogens with one attached hydrogen (secondary N) is 1. The van der Waals surface area contributed by atoms with Gasteiger partial charge in [0.2, 0.25) is 0 Å². The van der Waals surface area contributed by atoms with Crippen molar-refractivity contribution in [3.63, 3.8) is 0 Å². The number of hydrogen-bond donors (Lipinski definition) is 4. The van der Waals surface area contributed by atoms with Gasteiger partial charge in [-0.3, -0.25) is 10.2 Å². The molecule has 0 radical (unpaired) electrons. The van der Waals surface area contributed by atoms with Crippen molar-refractivity contribution < 1.29 is 9.90 Å². The lowest BCUT2D eigenvalue weighted by atomic mass is 10.1. The zero-order valence-corrected chi connectivity index (χ0v) is 10.0. The van der Waals surface area contributed by atoms with Gasteiger partial charge in [0.1, 0.15) is 6.04 Å². The van der Waals surface area contributed by atoms with E-state index in [1.807, 2.05) is 30.3 Å². The van der Waals surface area contributed by atoms with Crippen LogP contribution in [0, 0.1) is 5.41 Å². The predicted octanol–water partition coefficient (Wildman–Crippen LogP) is 0.579. The summed E-state index contributed by atoms with van der Waals surface area (Å²) in [5.41, 5.74) is 11.7. The van der Waals surface area contributed by atoms with E-state index in [4.69, 9.17) is 22.0 Å². The second-order valence-electron chi connectivity index (χ2n) is 3.96. The molecule has 0 fully saturated rings. The molecule has 6 N–H and O–H groups in total. The zero-order chi connectivity index (χ0) is 13.5. The summed E-state index contributed by atoms with van der Waals surface area (Å²) in [5, 5.41) is 16.2. The molecule has 0 heterocycles. The third-order valence-electron chi connectivity index (χ3n) is 2.57. The molecule has 1 aromatic rings. The van der Waals surface area contributed by atoms with Gasteiger partial charge in [-0.2, -0.15) is 0 Å². The highest BCUT2D eigenvalue weighted by atomic mass is 16.4. The monoisotopic (exact) mass is 250 g/mol. The number of para-hydroxylation sites is 1. The molecule has 0 aliphatic heterocycles. The van der Waals surface area contributed by atoms with E-state index in [1.165, 1.54) is 0 Å². The first-order valence-corrected chi connectivity index (χ1v) is 5.67. The minimum atomic E-state index is -1.01. The lowest BCUT2D eigenvalue weighted by Gasteiger charge is -2.23. The molecule has 6 nitrogen and oxygen atoms in total. The van der Waals surface area contributed by atoms with Gasteiger partial charge < -0.3 is 21.5 Å². The fraction of sp³-hybridized carbons (Fsp3) is 0.333. The van der Waals surface area contributed by atoms with Crippen LogP contribution in [-0.4, -0.2) is 29.6 Å². The minimum Gasteiger partial charge on any atom is -0.480 e. The SMILES string of the molecule is N=C(N)N(CCCC(N)C(=O)O)c1ccccc1. The molecule has 0 saturated heterocycles. The van der Waals surface area contributed by atoms with Crippen molar-refractivity contribution in [2.45, 2.75) is 18.9 Å². The Kier molecular flexibility index (Phi) is 5.13. The lowest BCUT2D eigenvalue weighted by Crippen LogP contribution is -2.38. The van der Waals surface area contributed by atoms with E-state index in [2.05, 4.69) is 0 Å². The van der Waals surface area contributed by atoms with Gasteiger partial charge in [-0.05, 0) is 25.0 Å². The summed E-state index contributed by atoms with van der Waals surface area (Å²) in [7, 11) is 0. The number of rotatable bonds is 6. The van der Waals surface area contributed by atoms with Crippen LogP contribution in [-0.2, 0) is 4.79 Å². The fourth-order valence-corrected chi connectivity index (χ4v) is 1.59. The molecule has 0 aromatic heterocycles. The number of nitrogens with zero attached hydrogens (tertiary/aromatic N) is 1. The van der Waals surface area contributed by atoms with Crippen molar-refractivity contribution in [3.8, 4) is 0 Å². The number of carbonyl (C=O) groups is 1. The van der Waals surface area contributed by atoms with Gasteiger partial charge >= 0.3 is 5.97 Å². The van der Waals surface area contributed by atoms with E-state index < -0.39 is 12.0 Å². The molecule has 0 aliphatic rings. The quantitative estimate of drug-likeness (QED) is 0.435. The van der Waals surface area contributed by atoms with Gasteiger partial charge in [-0.1, -0.05) is 18.2 Å². The first kappa shape index (κ1) is 14.0. The van der Waals surface area contributed by atoms with Crippen molar-refractivity contribution >= 4 is 17.6 Å². The summed E-state index contributed by atoms with van der Waals surface area (Å²) < 4.78 is 0. The van der Waals surface area contributed by atoms with E-state index in [1.54, 1.807) is 4.90 Å². The van der Waals surface area contributed by atoms with E-state index in [0.29, 0.717) is 19.4 Å². The Morgan fingerprint density at radius 2 is 2.00 bits per heavy atom. The van der Waals surface area contributed by atoms with Crippen LogP contribution in [0.2, 0.25) is 0 Å². The average Bonchev–Trinajstić information content (AvgIpc) is 2.34. The van der Waals surface area contributed by atoms with Crippen molar-refractivity contribution in [1.29, 1.82) is 5.41 Å². The summed E-state index contributed by atoms with van der Waals surface area (Å²) in [5.74, 6) is -1.07. The maximum atomic E-state index is 10.6. The highest BCUT2D eigenvalue weighted by molar-refractivity contribution is 5.92. The third kappa shape index (κ3) is 4.06. The van der Waals surface area contributed by atoms with Crippen LogP contribution in [0.1, 0.15) is 12.8 Å². The van der Waals surface area contributed by atoms with Gasteiger partial charge in [0.05, 0.1) is 0 Å². The van der Waals surface area contributed by atoms with Crippen LogP contribution in [0.15, 0.2) is 30.3 Å². The van der Waals surface area contributed by atoms with Gasteiger partial charge in [-0.15, -0.1) is 0 Å². The van der Waals surface area contributed by atoms with Crippen molar-refractivity contribution in [3.05, 3.63) is 30.3 Å². The predicted molar refractivity (Wildman–Crippen MR) is 70.5 cm³/mol. The molecule has 1 rings (SSSR count). The first-order chi connectivity index (χ1) is 8.52. The van der Waals surface area contributed by atoms with Crippen molar-refractivity contribution in [2.24, 2.45) is 11.5 Å². The van der Waals surface area contributed by atoms with E-state index in [0.717, 1.165) is 5.69 Å². The van der Waals surface area contributed by atoms with Gasteiger partial charge in [0.25, 0.3) is 0 Å². The lowest BCUT2D eigenvalue weighted by molar-refractivity contribution is -0.138. The summed E-state index contributed by atoms with van der Waals surface area (Å²) >= 11 is 0. The summed E-state index contributed by atoms with van der Waals surface area (Å²) in [6.07, 6.45) is 0.911. The fourth-order valence-electron chi connectivity index (χ4n) is 1.59. The average molecular weight is 250 g/mol. The number of guanidine groups is 1. The summed E-state index contributed by atoms with van der Waals surface area (Å²) in [6.45, 7) is 0.473. The third-order valence-corrected chi connectivity index (χ3v) is 2.57. The number of hydrogen-bond acceptors (Lipinski definition) is 3. The second-order valence-corrected chi connectivity index (χ2v) is 3.96. The standard InChI is InChI=1S/C12H18N4O2/c13-10(11(17)18)7-4-8-16(12(14)15)9-5-2-1-3-6-9/h1-3,5-6,10H,4,7-8,13H2,(H3,14,15)(H,17,18). The Morgan fingerprint density at radius 1 is 1.39 bits per heavy atom. The molecule has 0 amide bonds. The minimum absolute atomic E-state index is 0.0647. The van der Waals surface area contributed by atoms with Gasteiger partial charge in [0.15, 0.2) is 5.96 Å².